The van der Waals surface area contributed by atoms with E-state index in [0.717, 1.165) is 18.9 Å². The van der Waals surface area contributed by atoms with Gasteiger partial charge in [-0.05, 0) is 18.9 Å². The third-order valence-corrected chi connectivity index (χ3v) is 3.04. The molecular weight excluding hydrogens is 286 g/mol. The van der Waals surface area contributed by atoms with Crippen LogP contribution in [0.4, 0.5) is 14.5 Å². The summed E-state index contributed by atoms with van der Waals surface area (Å²) in [6.07, 6.45) is 2.16. The Morgan fingerprint density at radius 3 is 2.86 bits per heavy atom. The molecule has 0 atom stereocenters. The van der Waals surface area contributed by atoms with Crippen molar-refractivity contribution < 1.29 is 18.2 Å². The van der Waals surface area contributed by atoms with E-state index in [4.69, 9.17) is 4.52 Å². The van der Waals surface area contributed by atoms with Gasteiger partial charge in [-0.3, -0.25) is 10.1 Å². The fraction of sp³-hybridized carbons (Fsp3) is 0.333. The van der Waals surface area contributed by atoms with E-state index in [9.17, 15) is 18.9 Å². The van der Waals surface area contributed by atoms with Gasteiger partial charge in [0.25, 0.3) is 5.89 Å². The fourth-order valence-corrected chi connectivity index (χ4v) is 1.82. The summed E-state index contributed by atoms with van der Waals surface area (Å²) in [5.74, 6) is -2.16. The van der Waals surface area contributed by atoms with Gasteiger partial charge in [-0.2, -0.15) is 9.37 Å². The van der Waals surface area contributed by atoms with Crippen molar-refractivity contribution in [1.29, 1.82) is 0 Å². The fourth-order valence-electron chi connectivity index (χ4n) is 1.82. The summed E-state index contributed by atoms with van der Waals surface area (Å²) in [6.45, 7) is 0.340. The number of halogens is 2. The first-order valence-electron chi connectivity index (χ1n) is 6.24. The quantitative estimate of drug-likeness (QED) is 0.671. The SMILES string of the molecule is O=[N+]([O-])c1cc(F)cc(-c2nc(CNC3CC3)no2)c1F. The number of benzene rings is 1. The maximum absolute atomic E-state index is 14.0. The van der Waals surface area contributed by atoms with Crippen LogP contribution in [0.3, 0.4) is 0 Å². The lowest BCUT2D eigenvalue weighted by atomic mass is 10.1. The molecule has 1 saturated carbocycles. The molecule has 3 rings (SSSR count). The van der Waals surface area contributed by atoms with Crippen molar-refractivity contribution in [1.82, 2.24) is 15.5 Å². The second-order valence-corrected chi connectivity index (χ2v) is 4.71. The summed E-state index contributed by atoms with van der Waals surface area (Å²) >= 11 is 0. The molecule has 0 spiro atoms. The lowest BCUT2D eigenvalue weighted by Crippen LogP contribution is -2.16. The maximum Gasteiger partial charge on any atom is 0.308 e. The van der Waals surface area contributed by atoms with Gasteiger partial charge in [0.1, 0.15) is 5.82 Å². The summed E-state index contributed by atoms with van der Waals surface area (Å²) in [5, 5.41) is 17.4. The van der Waals surface area contributed by atoms with Crippen LogP contribution in [0, 0.1) is 21.7 Å². The number of nitro groups is 1. The standard InChI is InChI=1S/C12H10F2N4O3/c13-6-3-8(11(14)9(4-6)18(19)20)12-16-10(17-21-12)5-15-7-1-2-7/h3-4,7,15H,1-2,5H2. The van der Waals surface area contributed by atoms with Crippen LogP contribution in [0.15, 0.2) is 16.7 Å². The predicted molar refractivity (Wildman–Crippen MR) is 66.2 cm³/mol. The van der Waals surface area contributed by atoms with Crippen LogP contribution in [0.5, 0.6) is 0 Å². The Bertz CT molecular complexity index is 700. The predicted octanol–water partition coefficient (Wildman–Crippen LogP) is 2.17. The number of nitrogens with zero attached hydrogens (tertiary/aromatic N) is 3. The first kappa shape index (κ1) is 13.6. The lowest BCUT2D eigenvalue weighted by Gasteiger charge is -1.99. The van der Waals surface area contributed by atoms with Gasteiger partial charge in [-0.1, -0.05) is 5.16 Å². The van der Waals surface area contributed by atoms with E-state index < -0.39 is 27.8 Å². The van der Waals surface area contributed by atoms with Crippen molar-refractivity contribution in [2.75, 3.05) is 0 Å². The molecule has 1 aliphatic carbocycles. The highest BCUT2D eigenvalue weighted by molar-refractivity contribution is 5.59. The summed E-state index contributed by atoms with van der Waals surface area (Å²) in [7, 11) is 0. The topological polar surface area (TPSA) is 94.1 Å². The average Bonchev–Trinajstić information content (AvgIpc) is 3.16. The average molecular weight is 296 g/mol. The monoisotopic (exact) mass is 296 g/mol. The van der Waals surface area contributed by atoms with Crippen molar-refractivity contribution in [3.8, 4) is 11.5 Å². The van der Waals surface area contributed by atoms with Crippen LogP contribution in [0.25, 0.3) is 11.5 Å². The van der Waals surface area contributed by atoms with Gasteiger partial charge in [0, 0.05) is 6.04 Å². The van der Waals surface area contributed by atoms with Crippen LogP contribution >= 0.6 is 0 Å². The maximum atomic E-state index is 14.0. The lowest BCUT2D eigenvalue weighted by molar-refractivity contribution is -0.387. The van der Waals surface area contributed by atoms with Crippen molar-refractivity contribution in [3.05, 3.63) is 39.7 Å². The smallest absolute Gasteiger partial charge is 0.308 e. The van der Waals surface area contributed by atoms with E-state index in [2.05, 4.69) is 15.5 Å². The van der Waals surface area contributed by atoms with Crippen LogP contribution in [0.2, 0.25) is 0 Å². The number of hydrogen-bond acceptors (Lipinski definition) is 6. The third kappa shape index (κ3) is 2.87. The van der Waals surface area contributed by atoms with Crippen LogP contribution in [0.1, 0.15) is 18.7 Å². The summed E-state index contributed by atoms with van der Waals surface area (Å²) in [5.41, 5.74) is -1.40. The molecule has 110 valence electrons. The molecule has 0 bridgehead atoms. The van der Waals surface area contributed by atoms with E-state index >= 15 is 0 Å². The van der Waals surface area contributed by atoms with Gasteiger partial charge in [0.15, 0.2) is 5.82 Å². The Morgan fingerprint density at radius 1 is 1.43 bits per heavy atom. The first-order chi connectivity index (χ1) is 10.0. The minimum Gasteiger partial charge on any atom is -0.334 e. The van der Waals surface area contributed by atoms with E-state index in [0.29, 0.717) is 18.7 Å². The molecule has 1 aromatic carbocycles. The molecule has 9 heteroatoms. The second-order valence-electron chi connectivity index (χ2n) is 4.71. The van der Waals surface area contributed by atoms with E-state index in [1.807, 2.05) is 0 Å². The molecule has 1 N–H and O–H groups in total. The van der Waals surface area contributed by atoms with Crippen molar-refractivity contribution in [2.24, 2.45) is 0 Å². The van der Waals surface area contributed by atoms with Gasteiger partial charge >= 0.3 is 5.69 Å². The van der Waals surface area contributed by atoms with Crippen LogP contribution in [-0.2, 0) is 6.54 Å². The van der Waals surface area contributed by atoms with Gasteiger partial charge in [0.2, 0.25) is 5.82 Å². The van der Waals surface area contributed by atoms with Gasteiger partial charge < -0.3 is 9.84 Å². The molecular formula is C12H10F2N4O3. The molecule has 0 aliphatic heterocycles. The normalized spacial score (nSPS) is 14.4. The molecule has 2 aromatic rings. The van der Waals surface area contributed by atoms with Crippen molar-refractivity contribution in [2.45, 2.75) is 25.4 Å². The zero-order valence-electron chi connectivity index (χ0n) is 10.7. The van der Waals surface area contributed by atoms with E-state index in [1.54, 1.807) is 0 Å². The zero-order valence-corrected chi connectivity index (χ0v) is 10.7. The Labute approximate surface area is 117 Å². The number of aromatic nitrogens is 2. The number of nitro benzene ring substituents is 1. The molecule has 0 unspecified atom stereocenters. The highest BCUT2D eigenvalue weighted by atomic mass is 19.1. The number of rotatable bonds is 5. The largest absolute Gasteiger partial charge is 0.334 e. The molecule has 1 fully saturated rings. The molecule has 1 aliphatic rings. The molecule has 0 amide bonds. The number of hydrogen-bond donors (Lipinski definition) is 1. The van der Waals surface area contributed by atoms with Crippen LogP contribution < -0.4 is 5.32 Å². The Kier molecular flexibility index (Phi) is 3.34. The highest BCUT2D eigenvalue weighted by Gasteiger charge is 2.25. The molecule has 7 nitrogen and oxygen atoms in total. The van der Waals surface area contributed by atoms with Crippen molar-refractivity contribution >= 4 is 5.69 Å². The molecule has 0 radical (unpaired) electrons. The molecule has 0 saturated heterocycles. The summed E-state index contributed by atoms with van der Waals surface area (Å²) < 4.78 is 32.2. The van der Waals surface area contributed by atoms with Crippen molar-refractivity contribution in [3.63, 3.8) is 0 Å². The summed E-state index contributed by atoms with van der Waals surface area (Å²) in [6, 6.07) is 1.72. The molecule has 21 heavy (non-hydrogen) atoms. The van der Waals surface area contributed by atoms with E-state index in [-0.39, 0.29) is 11.7 Å². The van der Waals surface area contributed by atoms with Gasteiger partial charge in [0.05, 0.1) is 23.1 Å². The minimum absolute atomic E-state index is 0.281. The summed E-state index contributed by atoms with van der Waals surface area (Å²) in [4.78, 5) is 13.6. The Balaban J connectivity index is 1.90. The first-order valence-corrected chi connectivity index (χ1v) is 6.24. The Hall–Kier alpha value is -2.42. The van der Waals surface area contributed by atoms with Gasteiger partial charge in [-0.25, -0.2) is 4.39 Å². The number of nitrogens with one attached hydrogen (secondary N) is 1. The molecule has 1 heterocycles. The van der Waals surface area contributed by atoms with Crippen LogP contribution in [-0.4, -0.2) is 21.1 Å². The third-order valence-electron chi connectivity index (χ3n) is 3.04. The van der Waals surface area contributed by atoms with E-state index in [1.165, 1.54) is 0 Å². The molecule has 1 aromatic heterocycles. The zero-order chi connectivity index (χ0) is 15.0. The van der Waals surface area contributed by atoms with Gasteiger partial charge in [-0.15, -0.1) is 0 Å². The second kappa shape index (κ2) is 5.17. The highest BCUT2D eigenvalue weighted by Crippen LogP contribution is 2.29. The Morgan fingerprint density at radius 2 is 2.19 bits per heavy atom. The minimum atomic E-state index is -1.20.